The molecule has 96 valence electrons. The van der Waals surface area contributed by atoms with Crippen molar-refractivity contribution in [1.29, 1.82) is 0 Å². The van der Waals surface area contributed by atoms with Gasteiger partial charge in [-0.05, 0) is 37.6 Å². The number of aryl methyl sites for hydroxylation is 1. The lowest BCUT2D eigenvalue weighted by molar-refractivity contribution is 0.340. The van der Waals surface area contributed by atoms with Crippen molar-refractivity contribution >= 4 is 15.9 Å². The predicted octanol–water partition coefficient (Wildman–Crippen LogP) is 3.80. The van der Waals surface area contributed by atoms with Crippen LogP contribution in [0.1, 0.15) is 29.9 Å². The standard InChI is InChI=1S/C14H16BrNO2/c1-3-17-10-4-5-12(13(15)8-10)14(16)11-6-7-18-9(11)2/h4-8,14H,3,16H2,1-2H3. The van der Waals surface area contributed by atoms with E-state index in [1.807, 2.05) is 38.1 Å². The van der Waals surface area contributed by atoms with Crippen LogP contribution in [0, 0.1) is 6.92 Å². The number of nitrogens with two attached hydrogens (primary N) is 1. The van der Waals surface area contributed by atoms with Gasteiger partial charge >= 0.3 is 0 Å². The molecule has 2 rings (SSSR count). The Hall–Kier alpha value is -1.26. The van der Waals surface area contributed by atoms with Gasteiger partial charge in [0, 0.05) is 10.0 Å². The summed E-state index contributed by atoms with van der Waals surface area (Å²) in [7, 11) is 0. The van der Waals surface area contributed by atoms with Crippen molar-refractivity contribution in [3.05, 3.63) is 51.9 Å². The first-order valence-corrected chi connectivity index (χ1v) is 6.64. The van der Waals surface area contributed by atoms with Gasteiger partial charge in [-0.25, -0.2) is 0 Å². The van der Waals surface area contributed by atoms with Gasteiger partial charge in [0.15, 0.2) is 0 Å². The van der Waals surface area contributed by atoms with Crippen LogP contribution in [0.5, 0.6) is 5.75 Å². The number of hydrogen-bond acceptors (Lipinski definition) is 3. The Kier molecular flexibility index (Phi) is 4.09. The van der Waals surface area contributed by atoms with Crippen LogP contribution in [0.2, 0.25) is 0 Å². The van der Waals surface area contributed by atoms with E-state index in [9.17, 15) is 0 Å². The number of halogens is 1. The summed E-state index contributed by atoms with van der Waals surface area (Å²) in [5, 5.41) is 0. The Morgan fingerprint density at radius 1 is 1.33 bits per heavy atom. The van der Waals surface area contributed by atoms with E-state index in [0.717, 1.165) is 27.1 Å². The highest BCUT2D eigenvalue weighted by atomic mass is 79.9. The Labute approximate surface area is 115 Å². The first-order chi connectivity index (χ1) is 8.63. The van der Waals surface area contributed by atoms with E-state index in [1.54, 1.807) is 6.26 Å². The Morgan fingerprint density at radius 3 is 2.67 bits per heavy atom. The second kappa shape index (κ2) is 5.59. The molecule has 0 saturated carbocycles. The maximum Gasteiger partial charge on any atom is 0.120 e. The smallest absolute Gasteiger partial charge is 0.120 e. The number of ether oxygens (including phenoxy) is 1. The lowest BCUT2D eigenvalue weighted by Crippen LogP contribution is -2.12. The van der Waals surface area contributed by atoms with Gasteiger partial charge in [-0.3, -0.25) is 0 Å². The van der Waals surface area contributed by atoms with E-state index in [4.69, 9.17) is 14.9 Å². The van der Waals surface area contributed by atoms with Crippen LogP contribution in [0.25, 0.3) is 0 Å². The van der Waals surface area contributed by atoms with Crippen LogP contribution in [0.3, 0.4) is 0 Å². The summed E-state index contributed by atoms with van der Waals surface area (Å²) >= 11 is 3.54. The van der Waals surface area contributed by atoms with Gasteiger partial charge in [0.05, 0.1) is 18.9 Å². The third-order valence-electron chi connectivity index (χ3n) is 2.85. The fraction of sp³-hybridized carbons (Fsp3) is 0.286. The maximum atomic E-state index is 6.26. The summed E-state index contributed by atoms with van der Waals surface area (Å²) < 4.78 is 11.7. The monoisotopic (exact) mass is 309 g/mol. The summed E-state index contributed by atoms with van der Waals surface area (Å²) in [6.07, 6.45) is 1.66. The molecular weight excluding hydrogens is 294 g/mol. The van der Waals surface area contributed by atoms with Crippen LogP contribution < -0.4 is 10.5 Å². The Morgan fingerprint density at radius 2 is 2.11 bits per heavy atom. The molecule has 0 amide bonds. The molecule has 0 bridgehead atoms. The highest BCUT2D eigenvalue weighted by molar-refractivity contribution is 9.10. The van der Waals surface area contributed by atoms with E-state index in [1.165, 1.54) is 0 Å². The van der Waals surface area contributed by atoms with Crippen LogP contribution in [0.15, 0.2) is 39.4 Å². The molecule has 2 N–H and O–H groups in total. The maximum absolute atomic E-state index is 6.26. The van der Waals surface area contributed by atoms with Gasteiger partial charge in [0.1, 0.15) is 11.5 Å². The number of rotatable bonds is 4. The molecule has 1 aromatic heterocycles. The van der Waals surface area contributed by atoms with Crippen molar-refractivity contribution in [3.63, 3.8) is 0 Å². The lowest BCUT2D eigenvalue weighted by Gasteiger charge is -2.14. The van der Waals surface area contributed by atoms with Gasteiger partial charge < -0.3 is 14.9 Å². The summed E-state index contributed by atoms with van der Waals surface area (Å²) in [5.74, 6) is 1.69. The van der Waals surface area contributed by atoms with Gasteiger partial charge in [-0.15, -0.1) is 0 Å². The zero-order valence-corrected chi connectivity index (χ0v) is 12.0. The molecule has 0 aliphatic rings. The van der Waals surface area contributed by atoms with Crippen molar-refractivity contribution in [2.24, 2.45) is 5.73 Å². The van der Waals surface area contributed by atoms with Crippen molar-refractivity contribution in [2.75, 3.05) is 6.61 Å². The van der Waals surface area contributed by atoms with Crippen molar-refractivity contribution in [2.45, 2.75) is 19.9 Å². The first-order valence-electron chi connectivity index (χ1n) is 5.85. The van der Waals surface area contributed by atoms with Crippen molar-refractivity contribution in [3.8, 4) is 5.75 Å². The molecule has 1 heterocycles. The zero-order chi connectivity index (χ0) is 13.1. The number of benzene rings is 1. The SMILES string of the molecule is CCOc1ccc(C(N)c2ccoc2C)c(Br)c1. The minimum absolute atomic E-state index is 0.200. The van der Waals surface area contributed by atoms with Crippen LogP contribution in [-0.4, -0.2) is 6.61 Å². The quantitative estimate of drug-likeness (QED) is 0.934. The normalized spacial score (nSPS) is 12.4. The summed E-state index contributed by atoms with van der Waals surface area (Å²) in [4.78, 5) is 0. The zero-order valence-electron chi connectivity index (χ0n) is 10.4. The van der Waals surface area contributed by atoms with Crippen LogP contribution >= 0.6 is 15.9 Å². The predicted molar refractivity (Wildman–Crippen MR) is 74.8 cm³/mol. The molecule has 0 saturated heterocycles. The van der Waals surface area contributed by atoms with Crippen molar-refractivity contribution < 1.29 is 9.15 Å². The molecule has 0 spiro atoms. The number of furan rings is 1. The van der Waals surface area contributed by atoms with Gasteiger partial charge in [-0.2, -0.15) is 0 Å². The largest absolute Gasteiger partial charge is 0.494 e. The van der Waals surface area contributed by atoms with Gasteiger partial charge in [0.25, 0.3) is 0 Å². The second-order valence-electron chi connectivity index (χ2n) is 4.03. The number of hydrogen-bond donors (Lipinski definition) is 1. The molecule has 3 nitrogen and oxygen atoms in total. The molecule has 2 aromatic rings. The fourth-order valence-electron chi connectivity index (χ4n) is 1.90. The molecule has 1 atom stereocenters. The minimum atomic E-state index is -0.200. The average molecular weight is 310 g/mol. The van der Waals surface area contributed by atoms with E-state index in [-0.39, 0.29) is 6.04 Å². The molecule has 0 aliphatic carbocycles. The van der Waals surface area contributed by atoms with Gasteiger partial charge in [-0.1, -0.05) is 22.0 Å². The van der Waals surface area contributed by atoms with Gasteiger partial charge in [0.2, 0.25) is 0 Å². The highest BCUT2D eigenvalue weighted by Gasteiger charge is 2.16. The van der Waals surface area contributed by atoms with E-state index < -0.39 is 0 Å². The Balaban J connectivity index is 2.31. The molecule has 0 fully saturated rings. The summed E-state index contributed by atoms with van der Waals surface area (Å²) in [6.45, 7) is 4.53. The fourth-order valence-corrected chi connectivity index (χ4v) is 2.51. The van der Waals surface area contributed by atoms with E-state index >= 15 is 0 Å². The molecule has 0 radical (unpaired) electrons. The third-order valence-corrected chi connectivity index (χ3v) is 3.54. The summed E-state index contributed by atoms with van der Waals surface area (Å²) in [6, 6.07) is 7.55. The van der Waals surface area contributed by atoms with E-state index in [0.29, 0.717) is 6.61 Å². The molecule has 1 unspecified atom stereocenters. The minimum Gasteiger partial charge on any atom is -0.494 e. The Bertz CT molecular complexity index is 536. The van der Waals surface area contributed by atoms with Crippen LogP contribution in [0.4, 0.5) is 0 Å². The highest BCUT2D eigenvalue weighted by Crippen LogP contribution is 2.31. The molecule has 4 heteroatoms. The topological polar surface area (TPSA) is 48.4 Å². The van der Waals surface area contributed by atoms with Crippen LogP contribution in [-0.2, 0) is 0 Å². The molecule has 18 heavy (non-hydrogen) atoms. The molecular formula is C14H16BrNO2. The third kappa shape index (κ3) is 2.60. The second-order valence-corrected chi connectivity index (χ2v) is 4.88. The van der Waals surface area contributed by atoms with E-state index in [2.05, 4.69) is 15.9 Å². The lowest BCUT2D eigenvalue weighted by atomic mass is 10.0. The average Bonchev–Trinajstić information content (AvgIpc) is 2.75. The van der Waals surface area contributed by atoms with Crippen molar-refractivity contribution in [1.82, 2.24) is 0 Å². The molecule has 0 aliphatic heterocycles. The summed E-state index contributed by atoms with van der Waals surface area (Å²) in [5.41, 5.74) is 8.27. The first kappa shape index (κ1) is 13.2. The molecule has 1 aromatic carbocycles.